The molecule has 0 aliphatic carbocycles. The molecule has 21 heavy (non-hydrogen) atoms. The molecule has 5 nitrogen and oxygen atoms in total. The van der Waals surface area contributed by atoms with Crippen LogP contribution in [0.15, 0.2) is 4.99 Å². The second-order valence-electron chi connectivity index (χ2n) is 5.92. The standard InChI is InChI=1S/C15H30N4O.HI/c1-20-12-11-18-10-6-7-14(18)13-17-15(16)19-8-4-2-3-5-9-19;/h14H,2-13H2,1H3,(H2,16,17);1H. The summed E-state index contributed by atoms with van der Waals surface area (Å²) in [7, 11) is 1.76. The first kappa shape index (κ1) is 19.0. The van der Waals surface area contributed by atoms with Crippen molar-refractivity contribution in [2.75, 3.05) is 46.4 Å². The molecule has 1 unspecified atom stereocenters. The first-order valence-corrected chi connectivity index (χ1v) is 8.09. The van der Waals surface area contributed by atoms with Crippen LogP contribution >= 0.6 is 24.0 Å². The average Bonchev–Trinajstić information content (AvgIpc) is 2.73. The molecule has 0 aromatic carbocycles. The van der Waals surface area contributed by atoms with Gasteiger partial charge in [0, 0.05) is 32.8 Å². The normalized spacial score (nSPS) is 24.7. The topological polar surface area (TPSA) is 54.1 Å². The molecule has 124 valence electrons. The van der Waals surface area contributed by atoms with Crippen molar-refractivity contribution in [2.24, 2.45) is 10.7 Å². The first-order chi connectivity index (χ1) is 9.81. The third-order valence-corrected chi connectivity index (χ3v) is 4.48. The van der Waals surface area contributed by atoms with E-state index in [9.17, 15) is 0 Å². The predicted octanol–water partition coefficient (Wildman–Crippen LogP) is 1.91. The van der Waals surface area contributed by atoms with Gasteiger partial charge in [-0.2, -0.15) is 0 Å². The lowest BCUT2D eigenvalue weighted by Gasteiger charge is -2.24. The second kappa shape index (κ2) is 10.6. The van der Waals surface area contributed by atoms with Gasteiger partial charge in [-0.3, -0.25) is 9.89 Å². The fourth-order valence-electron chi connectivity index (χ4n) is 3.20. The van der Waals surface area contributed by atoms with Crippen molar-refractivity contribution >= 4 is 29.9 Å². The maximum Gasteiger partial charge on any atom is 0.191 e. The summed E-state index contributed by atoms with van der Waals surface area (Å²) in [4.78, 5) is 9.42. The number of methoxy groups -OCH3 is 1. The van der Waals surface area contributed by atoms with Gasteiger partial charge in [-0.25, -0.2) is 0 Å². The smallest absolute Gasteiger partial charge is 0.191 e. The van der Waals surface area contributed by atoms with E-state index >= 15 is 0 Å². The molecule has 0 radical (unpaired) electrons. The Morgan fingerprint density at radius 3 is 2.52 bits per heavy atom. The summed E-state index contributed by atoms with van der Waals surface area (Å²) in [6.07, 6.45) is 7.67. The number of halogens is 1. The molecule has 6 heteroatoms. The molecule has 0 saturated carbocycles. The van der Waals surface area contributed by atoms with Crippen LogP contribution in [0.1, 0.15) is 38.5 Å². The molecule has 2 fully saturated rings. The molecule has 2 aliphatic rings. The van der Waals surface area contributed by atoms with Crippen LogP contribution in [0.25, 0.3) is 0 Å². The Hall–Kier alpha value is -0.0800. The van der Waals surface area contributed by atoms with E-state index in [0.29, 0.717) is 6.04 Å². The summed E-state index contributed by atoms with van der Waals surface area (Å²) < 4.78 is 5.18. The van der Waals surface area contributed by atoms with Crippen molar-refractivity contribution < 1.29 is 4.74 Å². The minimum atomic E-state index is 0. The van der Waals surface area contributed by atoms with Gasteiger partial charge in [0.1, 0.15) is 0 Å². The highest BCUT2D eigenvalue weighted by Crippen LogP contribution is 2.17. The Morgan fingerprint density at radius 1 is 1.14 bits per heavy atom. The van der Waals surface area contributed by atoms with Crippen molar-refractivity contribution in [1.29, 1.82) is 0 Å². The number of rotatable bonds is 5. The first-order valence-electron chi connectivity index (χ1n) is 8.09. The zero-order valence-corrected chi connectivity index (χ0v) is 15.6. The van der Waals surface area contributed by atoms with Crippen LogP contribution in [-0.2, 0) is 4.74 Å². The fourth-order valence-corrected chi connectivity index (χ4v) is 3.20. The maximum absolute atomic E-state index is 6.17. The summed E-state index contributed by atoms with van der Waals surface area (Å²) in [6, 6.07) is 0.552. The van der Waals surface area contributed by atoms with Crippen molar-refractivity contribution in [2.45, 2.75) is 44.6 Å². The van der Waals surface area contributed by atoms with Gasteiger partial charge in [-0.05, 0) is 32.2 Å². The number of nitrogens with zero attached hydrogens (tertiary/aromatic N) is 3. The van der Waals surface area contributed by atoms with E-state index < -0.39 is 0 Å². The Balaban J connectivity index is 0.00000220. The molecule has 0 spiro atoms. The molecule has 2 aliphatic heterocycles. The minimum Gasteiger partial charge on any atom is -0.383 e. The zero-order chi connectivity index (χ0) is 14.2. The van der Waals surface area contributed by atoms with Gasteiger partial charge in [-0.1, -0.05) is 12.8 Å². The van der Waals surface area contributed by atoms with Gasteiger partial charge in [0.15, 0.2) is 5.96 Å². The number of nitrogens with two attached hydrogens (primary N) is 1. The largest absolute Gasteiger partial charge is 0.383 e. The number of guanidine groups is 1. The predicted molar refractivity (Wildman–Crippen MR) is 98.4 cm³/mol. The Kier molecular flexibility index (Phi) is 9.59. The summed E-state index contributed by atoms with van der Waals surface area (Å²) in [5.41, 5.74) is 6.17. The minimum absolute atomic E-state index is 0. The number of likely N-dealkylation sites (tertiary alicyclic amines) is 2. The molecular formula is C15H31IN4O. The monoisotopic (exact) mass is 410 g/mol. The summed E-state index contributed by atoms with van der Waals surface area (Å²) in [6.45, 7) is 5.99. The molecule has 2 heterocycles. The number of aliphatic imine (C=N–C) groups is 1. The van der Waals surface area contributed by atoms with E-state index in [1.54, 1.807) is 7.11 Å². The lowest BCUT2D eigenvalue weighted by Crippen LogP contribution is -2.40. The Bertz CT molecular complexity index is 306. The number of hydrogen-bond donors (Lipinski definition) is 1. The summed E-state index contributed by atoms with van der Waals surface area (Å²) >= 11 is 0. The lowest BCUT2D eigenvalue weighted by molar-refractivity contribution is 0.142. The summed E-state index contributed by atoms with van der Waals surface area (Å²) in [5, 5.41) is 0. The van der Waals surface area contributed by atoms with E-state index in [1.807, 2.05) is 0 Å². The fraction of sp³-hybridized carbons (Fsp3) is 0.933. The zero-order valence-electron chi connectivity index (χ0n) is 13.3. The summed E-state index contributed by atoms with van der Waals surface area (Å²) in [5.74, 6) is 0.755. The molecule has 2 saturated heterocycles. The van der Waals surface area contributed by atoms with Gasteiger partial charge in [0.25, 0.3) is 0 Å². The molecule has 2 rings (SSSR count). The van der Waals surface area contributed by atoms with E-state index in [4.69, 9.17) is 10.5 Å². The van der Waals surface area contributed by atoms with E-state index in [2.05, 4.69) is 14.8 Å². The van der Waals surface area contributed by atoms with Crippen molar-refractivity contribution in [3.05, 3.63) is 0 Å². The van der Waals surface area contributed by atoms with Gasteiger partial charge in [-0.15, -0.1) is 24.0 Å². The third-order valence-electron chi connectivity index (χ3n) is 4.48. The van der Waals surface area contributed by atoms with Crippen molar-refractivity contribution in [3.8, 4) is 0 Å². The van der Waals surface area contributed by atoms with Crippen molar-refractivity contribution in [3.63, 3.8) is 0 Å². The van der Waals surface area contributed by atoms with Crippen molar-refractivity contribution in [1.82, 2.24) is 9.80 Å². The molecule has 0 bridgehead atoms. The van der Waals surface area contributed by atoms with Gasteiger partial charge in [0.2, 0.25) is 0 Å². The average molecular weight is 410 g/mol. The van der Waals surface area contributed by atoms with Gasteiger partial charge >= 0.3 is 0 Å². The van der Waals surface area contributed by atoms with Crippen LogP contribution in [0.4, 0.5) is 0 Å². The molecule has 0 aromatic rings. The van der Waals surface area contributed by atoms with Gasteiger partial charge in [0.05, 0.1) is 13.2 Å². The Morgan fingerprint density at radius 2 is 1.86 bits per heavy atom. The van der Waals surface area contributed by atoms with E-state index in [1.165, 1.54) is 45.1 Å². The number of ether oxygens (including phenoxy) is 1. The Labute approximate surface area is 146 Å². The highest BCUT2D eigenvalue weighted by Gasteiger charge is 2.23. The lowest BCUT2D eigenvalue weighted by atomic mass is 10.2. The van der Waals surface area contributed by atoms with E-state index in [-0.39, 0.29) is 24.0 Å². The van der Waals surface area contributed by atoms with Crippen LogP contribution in [0.3, 0.4) is 0 Å². The maximum atomic E-state index is 6.17. The molecular weight excluding hydrogens is 379 g/mol. The second-order valence-corrected chi connectivity index (χ2v) is 5.92. The highest BCUT2D eigenvalue weighted by molar-refractivity contribution is 14.0. The van der Waals surface area contributed by atoms with Crippen LogP contribution in [0.5, 0.6) is 0 Å². The van der Waals surface area contributed by atoms with Gasteiger partial charge < -0.3 is 15.4 Å². The third kappa shape index (κ3) is 6.28. The van der Waals surface area contributed by atoms with Crippen LogP contribution in [-0.4, -0.2) is 68.2 Å². The van der Waals surface area contributed by atoms with Crippen LogP contribution in [0.2, 0.25) is 0 Å². The SMILES string of the molecule is COCCN1CCCC1CN=C(N)N1CCCCCC1.I. The molecule has 0 amide bonds. The van der Waals surface area contributed by atoms with E-state index in [0.717, 1.165) is 38.7 Å². The highest BCUT2D eigenvalue weighted by atomic mass is 127. The van der Waals surface area contributed by atoms with Crippen LogP contribution in [0, 0.1) is 0 Å². The molecule has 1 atom stereocenters. The molecule has 2 N–H and O–H groups in total. The quantitative estimate of drug-likeness (QED) is 0.428. The number of hydrogen-bond acceptors (Lipinski definition) is 3. The van der Waals surface area contributed by atoms with Crippen LogP contribution < -0.4 is 5.73 Å². The molecule has 0 aromatic heterocycles.